The van der Waals surface area contributed by atoms with E-state index in [2.05, 4.69) is 15.6 Å². The lowest BCUT2D eigenvalue weighted by molar-refractivity contribution is -0.124. The Morgan fingerprint density at radius 2 is 2.15 bits per heavy atom. The Morgan fingerprint density at radius 3 is 2.85 bits per heavy atom. The van der Waals surface area contributed by atoms with Crippen molar-refractivity contribution in [1.82, 2.24) is 20.0 Å². The summed E-state index contributed by atoms with van der Waals surface area (Å²) in [5.41, 5.74) is 1.95. The molecule has 0 aliphatic rings. The van der Waals surface area contributed by atoms with Gasteiger partial charge in [-0.25, -0.2) is 4.98 Å². The first-order valence-corrected chi connectivity index (χ1v) is 6.04. The maximum Gasteiger partial charge on any atom is 0.224 e. The predicted octanol–water partition coefficient (Wildman–Crippen LogP) is 1.65. The number of nitrogens with one attached hydrogen (secondary N) is 2. The van der Waals surface area contributed by atoms with E-state index in [9.17, 15) is 4.79 Å². The van der Waals surface area contributed by atoms with Crippen LogP contribution in [0.2, 0.25) is 0 Å². The largest absolute Gasteiger partial charge is 0.352 e. The van der Waals surface area contributed by atoms with Crippen molar-refractivity contribution < 1.29 is 4.79 Å². The standard InChI is InChI=1S/C13H18N4O.2ClH/c1-10(8-14-2)13(18)16-9-11-3-5-17-6-4-15-12(17)7-11;;/h3-7,10,14H,8-9H2,1-2H3,(H,16,18);2*1H. The zero-order chi connectivity index (χ0) is 13.0. The van der Waals surface area contributed by atoms with Gasteiger partial charge in [-0.2, -0.15) is 0 Å². The monoisotopic (exact) mass is 318 g/mol. The van der Waals surface area contributed by atoms with Crippen molar-refractivity contribution in [2.24, 2.45) is 5.92 Å². The highest BCUT2D eigenvalue weighted by Gasteiger charge is 2.10. The van der Waals surface area contributed by atoms with Crippen LogP contribution >= 0.6 is 24.8 Å². The normalized spacial score (nSPS) is 11.3. The molecule has 0 aliphatic carbocycles. The van der Waals surface area contributed by atoms with Crippen molar-refractivity contribution in [2.45, 2.75) is 13.5 Å². The van der Waals surface area contributed by atoms with E-state index in [1.165, 1.54) is 0 Å². The van der Waals surface area contributed by atoms with Gasteiger partial charge >= 0.3 is 0 Å². The summed E-state index contributed by atoms with van der Waals surface area (Å²) in [6.07, 6.45) is 5.60. The molecule has 2 aromatic rings. The van der Waals surface area contributed by atoms with E-state index in [1.54, 1.807) is 6.20 Å². The lowest BCUT2D eigenvalue weighted by Gasteiger charge is -2.11. The second kappa shape index (κ2) is 8.79. The van der Waals surface area contributed by atoms with Crippen molar-refractivity contribution in [2.75, 3.05) is 13.6 Å². The summed E-state index contributed by atoms with van der Waals surface area (Å²) in [6.45, 7) is 3.13. The summed E-state index contributed by atoms with van der Waals surface area (Å²) < 4.78 is 1.94. The molecule has 1 unspecified atom stereocenters. The molecule has 0 saturated carbocycles. The van der Waals surface area contributed by atoms with Crippen LogP contribution in [-0.2, 0) is 11.3 Å². The average molecular weight is 319 g/mol. The van der Waals surface area contributed by atoms with Gasteiger partial charge in [-0.3, -0.25) is 4.79 Å². The average Bonchev–Trinajstić information content (AvgIpc) is 2.83. The molecule has 2 N–H and O–H groups in total. The van der Waals surface area contributed by atoms with Crippen LogP contribution in [-0.4, -0.2) is 28.9 Å². The molecule has 2 rings (SSSR count). The number of carbonyl (C=O) groups excluding carboxylic acids is 1. The fourth-order valence-electron chi connectivity index (χ4n) is 1.82. The number of aromatic nitrogens is 2. The number of halogens is 2. The Balaban J connectivity index is 0.00000180. The zero-order valence-corrected chi connectivity index (χ0v) is 13.1. The molecular formula is C13H20Cl2N4O. The number of amides is 1. The lowest BCUT2D eigenvalue weighted by atomic mass is 10.1. The zero-order valence-electron chi connectivity index (χ0n) is 11.5. The molecular weight excluding hydrogens is 299 g/mol. The summed E-state index contributed by atoms with van der Waals surface area (Å²) in [6, 6.07) is 3.96. The van der Waals surface area contributed by atoms with Crippen LogP contribution in [0.5, 0.6) is 0 Å². The third-order valence-corrected chi connectivity index (χ3v) is 2.89. The maximum absolute atomic E-state index is 11.7. The van der Waals surface area contributed by atoms with E-state index in [0.29, 0.717) is 13.1 Å². The quantitative estimate of drug-likeness (QED) is 0.881. The second-order valence-corrected chi connectivity index (χ2v) is 4.40. The van der Waals surface area contributed by atoms with E-state index >= 15 is 0 Å². The van der Waals surface area contributed by atoms with E-state index in [0.717, 1.165) is 11.2 Å². The van der Waals surface area contributed by atoms with E-state index in [4.69, 9.17) is 0 Å². The molecule has 0 bridgehead atoms. The molecule has 2 aromatic heterocycles. The summed E-state index contributed by atoms with van der Waals surface area (Å²) in [5, 5.41) is 5.92. The fourth-order valence-corrected chi connectivity index (χ4v) is 1.82. The van der Waals surface area contributed by atoms with Gasteiger partial charge in [-0.15, -0.1) is 24.8 Å². The maximum atomic E-state index is 11.7. The van der Waals surface area contributed by atoms with Crippen LogP contribution in [0.1, 0.15) is 12.5 Å². The lowest BCUT2D eigenvalue weighted by Crippen LogP contribution is -2.33. The highest BCUT2D eigenvalue weighted by atomic mass is 35.5. The van der Waals surface area contributed by atoms with Gasteiger partial charge < -0.3 is 15.0 Å². The first-order valence-electron chi connectivity index (χ1n) is 6.04. The third-order valence-electron chi connectivity index (χ3n) is 2.89. The highest BCUT2D eigenvalue weighted by molar-refractivity contribution is 5.85. The first kappa shape index (κ1) is 18.7. The molecule has 0 saturated heterocycles. The van der Waals surface area contributed by atoms with Gasteiger partial charge in [-0.05, 0) is 24.7 Å². The minimum atomic E-state index is -0.0230. The second-order valence-electron chi connectivity index (χ2n) is 4.40. The molecule has 1 atom stereocenters. The van der Waals surface area contributed by atoms with Crippen molar-refractivity contribution in [3.63, 3.8) is 0 Å². The number of fused-ring (bicyclic) bond motifs is 1. The van der Waals surface area contributed by atoms with E-state index < -0.39 is 0 Å². The topological polar surface area (TPSA) is 58.4 Å². The molecule has 0 aliphatic heterocycles. The van der Waals surface area contributed by atoms with E-state index in [-0.39, 0.29) is 36.6 Å². The van der Waals surface area contributed by atoms with E-state index in [1.807, 2.05) is 42.9 Å². The highest BCUT2D eigenvalue weighted by Crippen LogP contribution is 2.05. The Morgan fingerprint density at radius 1 is 1.40 bits per heavy atom. The fraction of sp³-hybridized carbons (Fsp3) is 0.385. The number of pyridine rings is 1. The molecule has 5 nitrogen and oxygen atoms in total. The molecule has 0 radical (unpaired) electrons. The summed E-state index contributed by atoms with van der Waals surface area (Å²) in [7, 11) is 1.84. The van der Waals surface area contributed by atoms with Crippen molar-refractivity contribution in [1.29, 1.82) is 0 Å². The number of hydrogen-bond acceptors (Lipinski definition) is 3. The Kier molecular flexibility index (Phi) is 8.22. The molecule has 0 fully saturated rings. The molecule has 20 heavy (non-hydrogen) atoms. The Hall–Kier alpha value is -1.30. The van der Waals surface area contributed by atoms with Crippen LogP contribution in [0.25, 0.3) is 5.65 Å². The summed E-state index contributed by atoms with van der Waals surface area (Å²) >= 11 is 0. The SMILES string of the molecule is CNCC(C)C(=O)NCc1ccn2ccnc2c1.Cl.Cl. The van der Waals surface area contributed by atoms with Crippen molar-refractivity contribution in [3.05, 3.63) is 36.3 Å². The van der Waals surface area contributed by atoms with Gasteiger partial charge in [0.2, 0.25) is 5.91 Å². The van der Waals surface area contributed by atoms with Crippen LogP contribution in [0.4, 0.5) is 0 Å². The molecule has 1 amide bonds. The predicted molar refractivity (Wildman–Crippen MR) is 84.6 cm³/mol. The minimum absolute atomic E-state index is 0. The van der Waals surface area contributed by atoms with Gasteiger partial charge in [0.05, 0.1) is 0 Å². The van der Waals surface area contributed by atoms with Gasteiger partial charge in [0.15, 0.2) is 0 Å². The smallest absolute Gasteiger partial charge is 0.224 e. The molecule has 0 aromatic carbocycles. The number of rotatable bonds is 5. The van der Waals surface area contributed by atoms with Crippen molar-refractivity contribution in [3.8, 4) is 0 Å². The number of carbonyl (C=O) groups is 1. The van der Waals surface area contributed by atoms with Gasteiger partial charge in [0.1, 0.15) is 5.65 Å². The number of hydrogen-bond donors (Lipinski definition) is 2. The first-order chi connectivity index (χ1) is 8.70. The molecule has 0 spiro atoms. The molecule has 7 heteroatoms. The molecule has 112 valence electrons. The number of nitrogens with zero attached hydrogens (tertiary/aromatic N) is 2. The van der Waals surface area contributed by atoms with Crippen LogP contribution < -0.4 is 10.6 Å². The third kappa shape index (κ3) is 4.67. The minimum Gasteiger partial charge on any atom is -0.352 e. The summed E-state index contributed by atoms with van der Waals surface area (Å²) in [4.78, 5) is 16.0. The van der Waals surface area contributed by atoms with Crippen LogP contribution in [0, 0.1) is 5.92 Å². The Labute approximate surface area is 131 Å². The summed E-state index contributed by atoms with van der Waals surface area (Å²) in [5.74, 6) is 0.0396. The van der Waals surface area contributed by atoms with Gasteiger partial charge in [0.25, 0.3) is 0 Å². The molecule has 2 heterocycles. The van der Waals surface area contributed by atoms with Crippen LogP contribution in [0.15, 0.2) is 30.7 Å². The Bertz CT molecular complexity index is 544. The number of imidazole rings is 1. The van der Waals surface area contributed by atoms with Gasteiger partial charge in [-0.1, -0.05) is 6.92 Å². The van der Waals surface area contributed by atoms with Crippen molar-refractivity contribution >= 4 is 36.4 Å². The van der Waals surface area contributed by atoms with Crippen LogP contribution in [0.3, 0.4) is 0 Å². The van der Waals surface area contributed by atoms with Gasteiger partial charge in [0, 0.05) is 37.6 Å².